The average Bonchev–Trinajstić information content (AvgIpc) is 2.24. The van der Waals surface area contributed by atoms with Gasteiger partial charge in [0.1, 0.15) is 0 Å². The van der Waals surface area contributed by atoms with Crippen LogP contribution in [0.15, 0.2) is 24.3 Å². The van der Waals surface area contributed by atoms with Crippen molar-refractivity contribution in [2.75, 3.05) is 6.54 Å². The lowest BCUT2D eigenvalue weighted by Crippen LogP contribution is -2.21. The van der Waals surface area contributed by atoms with Crippen LogP contribution in [0.2, 0.25) is 0 Å². The van der Waals surface area contributed by atoms with E-state index in [1.807, 2.05) is 0 Å². The van der Waals surface area contributed by atoms with Gasteiger partial charge in [-0.3, -0.25) is 4.79 Å². The van der Waals surface area contributed by atoms with E-state index in [0.29, 0.717) is 13.1 Å². The van der Waals surface area contributed by atoms with Crippen molar-refractivity contribution in [1.29, 1.82) is 0 Å². The molecule has 1 rings (SSSR count). The molecule has 0 saturated heterocycles. The molecule has 0 bridgehead atoms. The van der Waals surface area contributed by atoms with Gasteiger partial charge >= 0.3 is 0 Å². The molecule has 1 aromatic rings. The molecule has 88 valence electrons. The van der Waals surface area contributed by atoms with Crippen molar-refractivity contribution in [2.24, 2.45) is 5.73 Å². The third kappa shape index (κ3) is 4.35. The van der Waals surface area contributed by atoms with Crippen molar-refractivity contribution in [1.82, 2.24) is 5.32 Å². The van der Waals surface area contributed by atoms with Crippen LogP contribution in [-0.2, 0) is 11.3 Å². The average molecular weight is 228 g/mol. The van der Waals surface area contributed by atoms with Crippen LogP contribution < -0.4 is 11.1 Å². The van der Waals surface area contributed by atoms with Gasteiger partial charge in [-0.05, 0) is 11.6 Å². The van der Waals surface area contributed by atoms with E-state index in [1.54, 1.807) is 12.1 Å². The summed E-state index contributed by atoms with van der Waals surface area (Å²) in [6, 6.07) is 6.18. The lowest BCUT2D eigenvalue weighted by molar-refractivity contribution is -0.117. The molecule has 0 spiro atoms. The third-order valence-electron chi connectivity index (χ3n) is 2.08. The Balaban J connectivity index is 2.42. The highest BCUT2D eigenvalue weighted by molar-refractivity contribution is 5.73. The monoisotopic (exact) mass is 228 g/mol. The molecular weight excluding hydrogens is 214 g/mol. The van der Waals surface area contributed by atoms with Crippen molar-refractivity contribution in [3.63, 3.8) is 0 Å². The fourth-order valence-corrected chi connectivity index (χ4v) is 1.28. The second-order valence-corrected chi connectivity index (χ2v) is 3.44. The summed E-state index contributed by atoms with van der Waals surface area (Å²) in [6.07, 6.45) is -2.21. The first-order valence-corrected chi connectivity index (χ1v) is 4.95. The zero-order chi connectivity index (χ0) is 12.0. The van der Waals surface area contributed by atoms with Crippen LogP contribution in [-0.4, -0.2) is 12.5 Å². The summed E-state index contributed by atoms with van der Waals surface area (Å²) in [5, 5.41) is 2.95. The van der Waals surface area contributed by atoms with E-state index >= 15 is 0 Å². The fraction of sp³-hybridized carbons (Fsp3) is 0.364. The van der Waals surface area contributed by atoms with Gasteiger partial charge in [-0.15, -0.1) is 0 Å². The van der Waals surface area contributed by atoms with Crippen molar-refractivity contribution >= 4 is 5.91 Å². The van der Waals surface area contributed by atoms with E-state index < -0.39 is 6.43 Å². The molecular formula is C11H14F2N2O. The summed E-state index contributed by atoms with van der Waals surface area (Å²) in [4.78, 5) is 10.4. The van der Waals surface area contributed by atoms with Crippen LogP contribution in [0, 0.1) is 0 Å². The SMILES string of the molecule is NC(=O)CCNCc1cccc(C(F)F)c1. The fourth-order valence-electron chi connectivity index (χ4n) is 1.28. The Morgan fingerprint density at radius 2 is 2.19 bits per heavy atom. The summed E-state index contributed by atoms with van der Waals surface area (Å²) in [5.41, 5.74) is 5.73. The summed E-state index contributed by atoms with van der Waals surface area (Å²) in [6.45, 7) is 0.905. The molecule has 0 radical (unpaired) electrons. The van der Waals surface area contributed by atoms with Crippen molar-refractivity contribution in [3.8, 4) is 0 Å². The van der Waals surface area contributed by atoms with Gasteiger partial charge in [0.05, 0.1) is 0 Å². The number of rotatable bonds is 6. The second-order valence-electron chi connectivity index (χ2n) is 3.44. The van der Waals surface area contributed by atoms with Gasteiger partial charge in [0, 0.05) is 25.1 Å². The summed E-state index contributed by atoms with van der Waals surface area (Å²) < 4.78 is 24.7. The molecule has 0 aliphatic heterocycles. The summed E-state index contributed by atoms with van der Waals surface area (Å²) >= 11 is 0. The molecule has 0 aromatic heterocycles. The molecule has 0 heterocycles. The number of halogens is 2. The number of amides is 1. The Morgan fingerprint density at radius 1 is 1.44 bits per heavy atom. The predicted molar refractivity (Wildman–Crippen MR) is 56.9 cm³/mol. The van der Waals surface area contributed by atoms with Crippen molar-refractivity contribution < 1.29 is 13.6 Å². The highest BCUT2D eigenvalue weighted by atomic mass is 19.3. The van der Waals surface area contributed by atoms with Crippen LogP contribution in [0.25, 0.3) is 0 Å². The molecule has 0 atom stereocenters. The first-order chi connectivity index (χ1) is 7.59. The maximum absolute atomic E-state index is 12.4. The molecule has 3 N–H and O–H groups in total. The standard InChI is InChI=1S/C11H14F2N2O/c12-11(13)9-3-1-2-8(6-9)7-15-5-4-10(14)16/h1-3,6,11,15H,4-5,7H2,(H2,14,16). The third-order valence-corrected chi connectivity index (χ3v) is 2.08. The first-order valence-electron chi connectivity index (χ1n) is 4.95. The number of carbonyl (C=O) groups is 1. The zero-order valence-corrected chi connectivity index (χ0v) is 8.75. The van der Waals surface area contributed by atoms with Crippen LogP contribution in [0.5, 0.6) is 0 Å². The van der Waals surface area contributed by atoms with E-state index in [2.05, 4.69) is 5.32 Å². The van der Waals surface area contributed by atoms with Crippen LogP contribution in [0.1, 0.15) is 24.0 Å². The maximum atomic E-state index is 12.4. The lowest BCUT2D eigenvalue weighted by Gasteiger charge is -2.05. The zero-order valence-electron chi connectivity index (χ0n) is 8.75. The minimum absolute atomic E-state index is 0.00852. The molecule has 0 fully saturated rings. The van der Waals surface area contributed by atoms with E-state index in [9.17, 15) is 13.6 Å². The smallest absolute Gasteiger partial charge is 0.263 e. The molecule has 16 heavy (non-hydrogen) atoms. The van der Waals surface area contributed by atoms with Crippen LogP contribution in [0.3, 0.4) is 0 Å². The minimum Gasteiger partial charge on any atom is -0.370 e. The molecule has 0 saturated carbocycles. The molecule has 0 aliphatic carbocycles. The number of hydrogen-bond acceptors (Lipinski definition) is 2. The van der Waals surface area contributed by atoms with E-state index in [4.69, 9.17) is 5.73 Å². The molecule has 1 aromatic carbocycles. The van der Waals surface area contributed by atoms with E-state index in [0.717, 1.165) is 5.56 Å². The van der Waals surface area contributed by atoms with E-state index in [1.165, 1.54) is 12.1 Å². The predicted octanol–water partition coefficient (Wildman–Crippen LogP) is 1.59. The van der Waals surface area contributed by atoms with Gasteiger partial charge in [0.15, 0.2) is 0 Å². The van der Waals surface area contributed by atoms with Crippen LogP contribution in [0.4, 0.5) is 8.78 Å². The van der Waals surface area contributed by atoms with Crippen LogP contribution >= 0.6 is 0 Å². The normalized spacial score (nSPS) is 10.7. The number of hydrogen-bond donors (Lipinski definition) is 2. The Hall–Kier alpha value is -1.49. The topological polar surface area (TPSA) is 55.1 Å². The van der Waals surface area contributed by atoms with Crippen molar-refractivity contribution in [2.45, 2.75) is 19.4 Å². The number of primary amides is 1. The molecule has 0 aliphatic rings. The quantitative estimate of drug-likeness (QED) is 0.726. The molecule has 0 unspecified atom stereocenters. The van der Waals surface area contributed by atoms with Gasteiger partial charge in [-0.1, -0.05) is 18.2 Å². The second kappa shape index (κ2) is 6.17. The largest absolute Gasteiger partial charge is 0.370 e. The Labute approximate surface area is 92.6 Å². The highest BCUT2D eigenvalue weighted by Gasteiger charge is 2.06. The number of nitrogens with two attached hydrogens (primary N) is 1. The van der Waals surface area contributed by atoms with Gasteiger partial charge < -0.3 is 11.1 Å². The van der Waals surface area contributed by atoms with Gasteiger partial charge in [0.25, 0.3) is 6.43 Å². The van der Waals surface area contributed by atoms with Crippen molar-refractivity contribution in [3.05, 3.63) is 35.4 Å². The maximum Gasteiger partial charge on any atom is 0.263 e. The van der Waals surface area contributed by atoms with Gasteiger partial charge in [-0.2, -0.15) is 0 Å². The minimum atomic E-state index is -2.45. The molecule has 3 nitrogen and oxygen atoms in total. The number of alkyl halides is 2. The summed E-state index contributed by atoms with van der Waals surface area (Å²) in [7, 11) is 0. The lowest BCUT2D eigenvalue weighted by atomic mass is 10.1. The summed E-state index contributed by atoms with van der Waals surface area (Å²) in [5.74, 6) is -0.381. The number of nitrogens with one attached hydrogen (secondary N) is 1. The van der Waals surface area contributed by atoms with Gasteiger partial charge in [-0.25, -0.2) is 8.78 Å². The highest BCUT2D eigenvalue weighted by Crippen LogP contribution is 2.19. The Morgan fingerprint density at radius 3 is 2.81 bits per heavy atom. The molecule has 1 amide bonds. The number of benzene rings is 1. The number of carbonyl (C=O) groups excluding carboxylic acids is 1. The molecule has 5 heteroatoms. The first kappa shape index (κ1) is 12.6. The Kier molecular flexibility index (Phi) is 4.85. The Bertz CT molecular complexity index is 356. The van der Waals surface area contributed by atoms with Gasteiger partial charge in [0.2, 0.25) is 5.91 Å². The van der Waals surface area contributed by atoms with E-state index in [-0.39, 0.29) is 17.9 Å².